The van der Waals surface area contributed by atoms with Crippen LogP contribution < -0.4 is 14.8 Å². The number of H-pyrrole nitrogens is 1. The predicted molar refractivity (Wildman–Crippen MR) is 156 cm³/mol. The number of methoxy groups -OCH3 is 1. The molecule has 0 bridgehead atoms. The number of aryl methyl sites for hydroxylation is 1. The number of nitrogens with zero attached hydrogens (tertiary/aromatic N) is 2. The van der Waals surface area contributed by atoms with Gasteiger partial charge >= 0.3 is 0 Å². The summed E-state index contributed by atoms with van der Waals surface area (Å²) in [5, 5.41) is 3.36. The summed E-state index contributed by atoms with van der Waals surface area (Å²) in [5.41, 5.74) is 4.86. The van der Waals surface area contributed by atoms with Gasteiger partial charge in [-0.1, -0.05) is 42.5 Å². The van der Waals surface area contributed by atoms with Gasteiger partial charge < -0.3 is 19.9 Å². The minimum absolute atomic E-state index is 0.268. The lowest BCUT2D eigenvalue weighted by Gasteiger charge is -2.11. The highest BCUT2D eigenvalue weighted by Gasteiger charge is 2.16. The summed E-state index contributed by atoms with van der Waals surface area (Å²) < 4.78 is 33.8. The molecule has 1 aromatic heterocycles. The third-order valence-electron chi connectivity index (χ3n) is 6.39. The van der Waals surface area contributed by atoms with Crippen molar-refractivity contribution < 1.29 is 13.2 Å². The molecule has 3 N–H and O–H groups in total. The highest BCUT2D eigenvalue weighted by Crippen LogP contribution is 2.28. The summed E-state index contributed by atoms with van der Waals surface area (Å²) in [6.07, 6.45) is 1.22. The van der Waals surface area contributed by atoms with Crippen molar-refractivity contribution in [3.8, 4) is 28.4 Å². The fourth-order valence-electron chi connectivity index (χ4n) is 4.19. The fraction of sp³-hybridized carbons (Fsp3) is 0.300. The Hall–Kier alpha value is -3.50. The van der Waals surface area contributed by atoms with Crippen LogP contribution >= 0.6 is 0 Å². The Morgan fingerprint density at radius 1 is 0.897 bits per heavy atom. The summed E-state index contributed by atoms with van der Waals surface area (Å²) in [6.45, 7) is 2.83. The molecule has 4 rings (SSSR count). The molecule has 0 atom stereocenters. The van der Waals surface area contributed by atoms with Crippen molar-refractivity contribution in [2.24, 2.45) is 0 Å². The van der Waals surface area contributed by atoms with Crippen LogP contribution in [-0.4, -0.2) is 64.1 Å². The Morgan fingerprint density at radius 3 is 2.28 bits per heavy atom. The number of aromatic nitrogens is 2. The largest absolute Gasteiger partial charge is 0.497 e. The Kier molecular flexibility index (Phi) is 9.89. The van der Waals surface area contributed by atoms with E-state index < -0.39 is 10.0 Å². The molecule has 0 fully saturated rings. The topological polar surface area (TPSA) is 99.3 Å². The average Bonchev–Trinajstić information content (AvgIpc) is 3.38. The molecule has 0 saturated carbocycles. The highest BCUT2D eigenvalue weighted by molar-refractivity contribution is 7.89. The van der Waals surface area contributed by atoms with Gasteiger partial charge in [0.25, 0.3) is 0 Å². The molecule has 0 aliphatic carbocycles. The van der Waals surface area contributed by atoms with Crippen molar-refractivity contribution in [3.63, 3.8) is 0 Å². The van der Waals surface area contributed by atoms with E-state index in [1.807, 2.05) is 80.8 Å². The smallest absolute Gasteiger partial charge is 0.240 e. The fourth-order valence-corrected chi connectivity index (χ4v) is 5.26. The third-order valence-corrected chi connectivity index (χ3v) is 7.86. The second-order valence-electron chi connectivity index (χ2n) is 9.63. The van der Waals surface area contributed by atoms with Gasteiger partial charge in [-0.25, -0.2) is 18.1 Å². The van der Waals surface area contributed by atoms with Crippen LogP contribution in [0.1, 0.15) is 17.7 Å². The first kappa shape index (κ1) is 28.5. The van der Waals surface area contributed by atoms with Gasteiger partial charge in [0.05, 0.1) is 23.4 Å². The van der Waals surface area contributed by atoms with E-state index in [0.717, 1.165) is 52.7 Å². The van der Waals surface area contributed by atoms with Gasteiger partial charge in [-0.15, -0.1) is 0 Å². The van der Waals surface area contributed by atoms with E-state index in [1.54, 1.807) is 19.2 Å². The second kappa shape index (κ2) is 13.5. The first-order chi connectivity index (χ1) is 18.9. The summed E-state index contributed by atoms with van der Waals surface area (Å²) >= 11 is 0. The Morgan fingerprint density at radius 2 is 1.62 bits per heavy atom. The van der Waals surface area contributed by atoms with Crippen LogP contribution in [0.3, 0.4) is 0 Å². The van der Waals surface area contributed by atoms with Gasteiger partial charge in [0.2, 0.25) is 10.0 Å². The summed E-state index contributed by atoms with van der Waals surface area (Å²) in [5.74, 6) is 1.57. The summed E-state index contributed by atoms with van der Waals surface area (Å²) in [4.78, 5) is 10.7. The number of sulfonamides is 1. The number of likely N-dealkylation sites (N-methyl/N-ethyl adjacent to an activating group) is 1. The molecule has 0 amide bonds. The summed E-state index contributed by atoms with van der Waals surface area (Å²) in [7, 11) is 2.11. The number of hydrogen-bond acceptors (Lipinski definition) is 6. The lowest BCUT2D eigenvalue weighted by atomic mass is 10.1. The molecule has 0 aliphatic heterocycles. The van der Waals surface area contributed by atoms with E-state index in [4.69, 9.17) is 9.72 Å². The zero-order valence-corrected chi connectivity index (χ0v) is 23.6. The van der Waals surface area contributed by atoms with Gasteiger partial charge in [-0.05, 0) is 68.9 Å². The maximum Gasteiger partial charge on any atom is 0.240 e. The number of ether oxygens (including phenoxy) is 1. The molecule has 0 radical (unpaired) electrons. The molecule has 0 aliphatic rings. The Bertz CT molecular complexity index is 1420. The molecule has 1 heterocycles. The molecule has 4 aromatic rings. The van der Waals surface area contributed by atoms with Crippen LogP contribution in [0.25, 0.3) is 22.6 Å². The standard InChI is InChI=1S/C30H37N5O3S/c1-35(2)21-20-31-22-23-11-17-27(18-12-23)39(36,37)32-19-7-10-28-29(24-13-15-26(38-3)16-14-24)34-30(33-28)25-8-5-4-6-9-25/h4-6,8-9,11-18,31-32H,7,10,19-22H2,1-3H3,(H,33,34). The maximum absolute atomic E-state index is 12.9. The van der Waals surface area contributed by atoms with Crippen LogP contribution in [0, 0.1) is 0 Å². The molecular weight excluding hydrogens is 510 g/mol. The number of rotatable bonds is 14. The molecule has 3 aromatic carbocycles. The van der Waals surface area contributed by atoms with E-state index in [1.165, 1.54) is 0 Å². The van der Waals surface area contributed by atoms with Crippen LogP contribution in [0.4, 0.5) is 0 Å². The number of imidazole rings is 1. The van der Waals surface area contributed by atoms with Crippen LogP contribution in [-0.2, 0) is 23.0 Å². The Labute approximate surface area is 231 Å². The zero-order chi connectivity index (χ0) is 27.7. The van der Waals surface area contributed by atoms with E-state index in [2.05, 4.69) is 19.9 Å². The first-order valence-electron chi connectivity index (χ1n) is 13.1. The van der Waals surface area contributed by atoms with Crippen LogP contribution in [0.5, 0.6) is 5.75 Å². The highest BCUT2D eigenvalue weighted by atomic mass is 32.2. The number of nitrogens with one attached hydrogen (secondary N) is 3. The van der Waals surface area contributed by atoms with Gasteiger partial charge in [-0.3, -0.25) is 0 Å². The molecule has 39 heavy (non-hydrogen) atoms. The minimum Gasteiger partial charge on any atom is -0.497 e. The van der Waals surface area contributed by atoms with Gasteiger partial charge in [0.15, 0.2) is 0 Å². The zero-order valence-electron chi connectivity index (χ0n) is 22.8. The molecule has 8 nitrogen and oxygen atoms in total. The van der Waals surface area contributed by atoms with E-state index in [9.17, 15) is 8.42 Å². The van der Waals surface area contributed by atoms with Crippen LogP contribution in [0.15, 0.2) is 83.8 Å². The van der Waals surface area contributed by atoms with Crippen molar-refractivity contribution in [2.75, 3.05) is 40.8 Å². The van der Waals surface area contributed by atoms with Crippen LogP contribution in [0.2, 0.25) is 0 Å². The van der Waals surface area contributed by atoms with E-state index in [-0.39, 0.29) is 4.90 Å². The lowest BCUT2D eigenvalue weighted by molar-refractivity contribution is 0.400. The van der Waals surface area contributed by atoms with Gasteiger partial charge in [-0.2, -0.15) is 0 Å². The van der Waals surface area contributed by atoms with E-state index in [0.29, 0.717) is 25.9 Å². The number of hydrogen-bond donors (Lipinski definition) is 3. The third kappa shape index (κ3) is 8.00. The quantitative estimate of drug-likeness (QED) is 0.204. The normalized spacial score (nSPS) is 11.7. The molecule has 0 unspecified atom stereocenters. The number of aromatic amines is 1. The second-order valence-corrected chi connectivity index (χ2v) is 11.4. The van der Waals surface area contributed by atoms with Crippen molar-refractivity contribution >= 4 is 10.0 Å². The number of benzene rings is 3. The molecule has 0 spiro atoms. The lowest BCUT2D eigenvalue weighted by Crippen LogP contribution is -2.26. The first-order valence-corrected chi connectivity index (χ1v) is 14.6. The van der Waals surface area contributed by atoms with E-state index >= 15 is 0 Å². The predicted octanol–water partition coefficient (Wildman–Crippen LogP) is 4.31. The SMILES string of the molecule is COc1ccc(-c2[nH]c(-c3ccccc3)nc2CCCNS(=O)(=O)c2ccc(CNCCN(C)C)cc2)cc1. The van der Waals surface area contributed by atoms with Gasteiger partial charge in [0.1, 0.15) is 11.6 Å². The van der Waals surface area contributed by atoms with Crippen molar-refractivity contribution in [3.05, 3.63) is 90.1 Å². The molecular formula is C30H37N5O3S. The average molecular weight is 548 g/mol. The maximum atomic E-state index is 12.9. The molecule has 0 saturated heterocycles. The molecule has 9 heteroatoms. The van der Waals surface area contributed by atoms with Crippen molar-refractivity contribution in [1.82, 2.24) is 24.9 Å². The Balaban J connectivity index is 1.38. The van der Waals surface area contributed by atoms with Crippen molar-refractivity contribution in [1.29, 1.82) is 0 Å². The molecule has 206 valence electrons. The summed E-state index contributed by atoms with van der Waals surface area (Å²) in [6, 6.07) is 24.8. The minimum atomic E-state index is -3.59. The monoisotopic (exact) mass is 547 g/mol. The van der Waals surface area contributed by atoms with Crippen molar-refractivity contribution in [2.45, 2.75) is 24.3 Å². The van der Waals surface area contributed by atoms with Gasteiger partial charge in [0, 0.05) is 37.3 Å².